The predicted molar refractivity (Wildman–Crippen MR) is 89.2 cm³/mol. The molecule has 4 nitrogen and oxygen atoms in total. The summed E-state index contributed by atoms with van der Waals surface area (Å²) in [5.41, 5.74) is 0.815. The lowest BCUT2D eigenvalue weighted by Crippen LogP contribution is -2.36. The zero-order valence-electron chi connectivity index (χ0n) is 14.0. The van der Waals surface area contributed by atoms with Crippen molar-refractivity contribution in [3.05, 3.63) is 16.5 Å². The van der Waals surface area contributed by atoms with E-state index in [1.165, 1.54) is 12.8 Å². The second kappa shape index (κ2) is 6.09. The van der Waals surface area contributed by atoms with Crippen LogP contribution in [0.1, 0.15) is 51.9 Å². The average Bonchev–Trinajstić information content (AvgIpc) is 3.22. The van der Waals surface area contributed by atoms with Gasteiger partial charge in [-0.2, -0.15) is 0 Å². The lowest BCUT2D eigenvalue weighted by Gasteiger charge is -2.26. The molecule has 1 unspecified atom stereocenters. The van der Waals surface area contributed by atoms with Crippen LogP contribution in [0, 0.1) is 6.92 Å². The van der Waals surface area contributed by atoms with Gasteiger partial charge in [0, 0.05) is 29.6 Å². The zero-order valence-corrected chi connectivity index (χ0v) is 14.8. The topological polar surface area (TPSA) is 41.1 Å². The van der Waals surface area contributed by atoms with Crippen molar-refractivity contribution in [1.82, 2.24) is 14.9 Å². The van der Waals surface area contributed by atoms with Crippen LogP contribution in [-0.2, 0) is 5.41 Å². The number of anilines is 1. The summed E-state index contributed by atoms with van der Waals surface area (Å²) in [5, 5.41) is 3.99. The molecule has 0 aromatic carbocycles. The summed E-state index contributed by atoms with van der Waals surface area (Å²) in [4.78, 5) is 11.5. The highest BCUT2D eigenvalue weighted by Crippen LogP contribution is 2.28. The van der Waals surface area contributed by atoms with Crippen LogP contribution in [0.3, 0.4) is 0 Å². The maximum Gasteiger partial charge on any atom is 0.137 e. The normalized spacial score (nSPS) is 17.1. The third-order valence-corrected chi connectivity index (χ3v) is 4.51. The lowest BCUT2D eigenvalue weighted by molar-refractivity contribution is 0.257. The molecule has 0 spiro atoms. The fourth-order valence-corrected chi connectivity index (χ4v) is 2.40. The van der Waals surface area contributed by atoms with Gasteiger partial charge in [0.05, 0.1) is 0 Å². The molecule has 21 heavy (non-hydrogen) atoms. The summed E-state index contributed by atoms with van der Waals surface area (Å²) in [6, 6.07) is 1.24. The number of rotatable bonds is 5. The molecule has 0 bridgehead atoms. The summed E-state index contributed by atoms with van der Waals surface area (Å²) >= 11 is 6.26. The van der Waals surface area contributed by atoms with Gasteiger partial charge in [0.2, 0.25) is 0 Å². The third kappa shape index (κ3) is 4.07. The van der Waals surface area contributed by atoms with Crippen LogP contribution in [0.2, 0.25) is 5.15 Å². The fraction of sp³-hybridized carbons (Fsp3) is 0.750. The first-order chi connectivity index (χ1) is 9.70. The quantitative estimate of drug-likeness (QED) is 0.843. The Morgan fingerprint density at radius 2 is 1.95 bits per heavy atom. The Hall–Kier alpha value is -0.870. The van der Waals surface area contributed by atoms with E-state index in [1.807, 2.05) is 6.92 Å². The van der Waals surface area contributed by atoms with Crippen molar-refractivity contribution in [2.45, 2.75) is 65.0 Å². The molecule has 1 aliphatic carbocycles. The summed E-state index contributed by atoms with van der Waals surface area (Å²) in [6.45, 7) is 11.4. The molecule has 1 fully saturated rings. The smallest absolute Gasteiger partial charge is 0.137 e. The molecule has 5 heteroatoms. The number of likely N-dealkylation sites (N-methyl/N-ethyl adjacent to an activating group) is 1. The van der Waals surface area contributed by atoms with Crippen LogP contribution in [-0.4, -0.2) is 40.5 Å². The number of hydrogen-bond donors (Lipinski definition) is 1. The highest BCUT2D eigenvalue weighted by Gasteiger charge is 2.29. The van der Waals surface area contributed by atoms with Crippen molar-refractivity contribution in [3.63, 3.8) is 0 Å². The maximum atomic E-state index is 6.26. The first-order valence-corrected chi connectivity index (χ1v) is 8.08. The molecule has 1 saturated carbocycles. The van der Waals surface area contributed by atoms with Gasteiger partial charge in [-0.3, -0.25) is 4.90 Å². The van der Waals surface area contributed by atoms with Gasteiger partial charge in [0.1, 0.15) is 16.8 Å². The minimum atomic E-state index is -0.107. The van der Waals surface area contributed by atoms with Gasteiger partial charge in [-0.25, -0.2) is 9.97 Å². The van der Waals surface area contributed by atoms with Crippen molar-refractivity contribution < 1.29 is 0 Å². The van der Waals surface area contributed by atoms with E-state index >= 15 is 0 Å². The number of halogens is 1. The first kappa shape index (κ1) is 16.5. The predicted octanol–water partition coefficient (Wildman–Crippen LogP) is 3.63. The molecule has 1 atom stereocenters. The molecule has 118 valence electrons. The van der Waals surface area contributed by atoms with Crippen LogP contribution in [0.25, 0.3) is 0 Å². The molecule has 1 N–H and O–H groups in total. The molecular formula is C16H27ClN4. The van der Waals surface area contributed by atoms with E-state index in [0.717, 1.165) is 29.8 Å². The van der Waals surface area contributed by atoms with Crippen molar-refractivity contribution in [1.29, 1.82) is 0 Å². The Morgan fingerprint density at radius 1 is 1.33 bits per heavy atom. The lowest BCUT2D eigenvalue weighted by atomic mass is 9.95. The van der Waals surface area contributed by atoms with E-state index in [4.69, 9.17) is 11.6 Å². The second-order valence-electron chi connectivity index (χ2n) is 7.19. The summed E-state index contributed by atoms with van der Waals surface area (Å²) in [5.74, 6) is 1.64. The summed E-state index contributed by atoms with van der Waals surface area (Å²) in [6.07, 6.45) is 2.65. The molecule has 2 rings (SSSR count). The van der Waals surface area contributed by atoms with Crippen LogP contribution in [0.4, 0.5) is 5.82 Å². The first-order valence-electron chi connectivity index (χ1n) is 7.70. The number of nitrogens with zero attached hydrogens (tertiary/aromatic N) is 3. The van der Waals surface area contributed by atoms with Gasteiger partial charge in [0.25, 0.3) is 0 Å². The molecule has 0 amide bonds. The Labute approximate surface area is 133 Å². The highest BCUT2D eigenvalue weighted by atomic mass is 35.5. The largest absolute Gasteiger partial charge is 0.368 e. The third-order valence-electron chi connectivity index (χ3n) is 4.14. The van der Waals surface area contributed by atoms with E-state index in [2.05, 4.69) is 54.9 Å². The molecule has 1 aliphatic rings. The maximum absolute atomic E-state index is 6.26. The number of hydrogen-bond acceptors (Lipinski definition) is 4. The van der Waals surface area contributed by atoms with Gasteiger partial charge < -0.3 is 5.32 Å². The van der Waals surface area contributed by atoms with Gasteiger partial charge >= 0.3 is 0 Å². The van der Waals surface area contributed by atoms with E-state index in [-0.39, 0.29) is 5.41 Å². The van der Waals surface area contributed by atoms with Crippen molar-refractivity contribution >= 4 is 17.4 Å². The Balaban J connectivity index is 2.09. The van der Waals surface area contributed by atoms with E-state index < -0.39 is 0 Å². The van der Waals surface area contributed by atoms with E-state index in [9.17, 15) is 0 Å². The molecular weight excluding hydrogens is 284 g/mol. The van der Waals surface area contributed by atoms with Gasteiger partial charge in [-0.15, -0.1) is 0 Å². The fourth-order valence-electron chi connectivity index (χ4n) is 2.23. The van der Waals surface area contributed by atoms with Crippen LogP contribution in [0.5, 0.6) is 0 Å². The van der Waals surface area contributed by atoms with Crippen LogP contribution < -0.4 is 5.32 Å². The number of nitrogens with one attached hydrogen (secondary N) is 1. The Morgan fingerprint density at radius 3 is 2.48 bits per heavy atom. The summed E-state index contributed by atoms with van der Waals surface area (Å²) < 4.78 is 0. The van der Waals surface area contributed by atoms with Gasteiger partial charge in [-0.05, 0) is 33.7 Å². The molecule has 0 radical (unpaired) electrons. The zero-order chi connectivity index (χ0) is 15.8. The second-order valence-corrected chi connectivity index (χ2v) is 7.55. The Kier molecular flexibility index (Phi) is 4.79. The minimum Gasteiger partial charge on any atom is -0.368 e. The molecule has 1 heterocycles. The molecule has 0 aliphatic heterocycles. The standard InChI is InChI=1S/C16H27ClN4/c1-10(21(6)12-7-8-12)9-18-14-11(2)13(17)19-15(20-14)16(3,4)5/h10,12H,7-9H2,1-6H3,(H,18,19,20). The van der Waals surface area contributed by atoms with Crippen molar-refractivity contribution in [3.8, 4) is 0 Å². The highest BCUT2D eigenvalue weighted by molar-refractivity contribution is 6.30. The monoisotopic (exact) mass is 310 g/mol. The summed E-state index contributed by atoms with van der Waals surface area (Å²) in [7, 11) is 2.20. The van der Waals surface area contributed by atoms with E-state index in [1.54, 1.807) is 0 Å². The SMILES string of the molecule is Cc1c(Cl)nc(C(C)(C)C)nc1NCC(C)N(C)C1CC1. The van der Waals surface area contributed by atoms with Crippen molar-refractivity contribution in [2.24, 2.45) is 0 Å². The van der Waals surface area contributed by atoms with Crippen molar-refractivity contribution in [2.75, 3.05) is 18.9 Å². The average molecular weight is 311 g/mol. The van der Waals surface area contributed by atoms with Crippen LogP contribution >= 0.6 is 11.6 Å². The van der Waals surface area contributed by atoms with Gasteiger partial charge in [0.15, 0.2) is 0 Å². The van der Waals surface area contributed by atoms with Crippen LogP contribution in [0.15, 0.2) is 0 Å². The van der Waals surface area contributed by atoms with Gasteiger partial charge in [-0.1, -0.05) is 32.4 Å². The molecule has 1 aromatic rings. The van der Waals surface area contributed by atoms with E-state index in [0.29, 0.717) is 11.2 Å². The number of aromatic nitrogens is 2. The molecule has 0 saturated heterocycles. The molecule has 1 aromatic heterocycles. The Bertz CT molecular complexity index is 506. The minimum absolute atomic E-state index is 0.107.